The summed E-state index contributed by atoms with van der Waals surface area (Å²) >= 11 is 0. The second-order valence-electron chi connectivity index (χ2n) is 4.92. The van der Waals surface area contributed by atoms with E-state index in [1.54, 1.807) is 32.0 Å². The smallest absolute Gasteiger partial charge is 0.240 e. The average Bonchev–Trinajstić information content (AvgIpc) is 2.36. The molecule has 0 amide bonds. The summed E-state index contributed by atoms with van der Waals surface area (Å²) in [6, 6.07) is 4.82. The van der Waals surface area contributed by atoms with Gasteiger partial charge >= 0.3 is 0 Å². The second-order valence-corrected chi connectivity index (χ2v) is 6.64. The zero-order chi connectivity index (χ0) is 15.2. The van der Waals surface area contributed by atoms with E-state index in [2.05, 4.69) is 10.0 Å². The molecule has 0 aliphatic carbocycles. The summed E-state index contributed by atoms with van der Waals surface area (Å²) in [5.74, 6) is 0.727. The first kappa shape index (κ1) is 16.9. The van der Waals surface area contributed by atoms with Gasteiger partial charge in [-0.3, -0.25) is 0 Å². The molecule has 1 aromatic carbocycles. The maximum atomic E-state index is 12.2. The lowest BCUT2D eigenvalue weighted by molar-refractivity contribution is 0.313. The van der Waals surface area contributed by atoms with Crippen LogP contribution in [0.4, 0.5) is 0 Å². The minimum atomic E-state index is -3.47. The summed E-state index contributed by atoms with van der Waals surface area (Å²) in [4.78, 5) is 0.264. The molecule has 0 saturated heterocycles. The van der Waals surface area contributed by atoms with Gasteiger partial charge in [0.05, 0.1) is 11.5 Å². The van der Waals surface area contributed by atoms with Crippen LogP contribution in [0.25, 0.3) is 0 Å². The third kappa shape index (κ3) is 4.77. The number of hydrogen-bond donors (Lipinski definition) is 2. The lowest BCUT2D eigenvalue weighted by Crippen LogP contribution is -2.30. The van der Waals surface area contributed by atoms with Gasteiger partial charge in [0.1, 0.15) is 5.75 Å². The fraction of sp³-hybridized carbons (Fsp3) is 0.571. The van der Waals surface area contributed by atoms with Gasteiger partial charge in [-0.1, -0.05) is 6.92 Å². The average molecular weight is 300 g/mol. The molecule has 1 aromatic rings. The van der Waals surface area contributed by atoms with Gasteiger partial charge in [-0.15, -0.1) is 0 Å². The predicted octanol–water partition coefficient (Wildman–Crippen LogP) is 1.88. The number of nitrogens with one attached hydrogen (secondary N) is 2. The van der Waals surface area contributed by atoms with Crippen molar-refractivity contribution in [2.75, 3.05) is 13.7 Å². The highest BCUT2D eigenvalue weighted by Gasteiger charge is 2.17. The number of sulfonamides is 1. The zero-order valence-corrected chi connectivity index (χ0v) is 13.4. The highest BCUT2D eigenvalue weighted by molar-refractivity contribution is 7.89. The van der Waals surface area contributed by atoms with Crippen molar-refractivity contribution in [3.63, 3.8) is 0 Å². The molecule has 20 heavy (non-hydrogen) atoms. The molecule has 0 aromatic heterocycles. The minimum absolute atomic E-state index is 0.135. The Hall–Kier alpha value is -1.11. The summed E-state index contributed by atoms with van der Waals surface area (Å²) in [6.45, 7) is 6.80. The van der Waals surface area contributed by atoms with Gasteiger partial charge < -0.3 is 10.1 Å². The summed E-state index contributed by atoms with van der Waals surface area (Å²) in [5.41, 5.74) is 0.840. The van der Waals surface area contributed by atoms with Gasteiger partial charge in [-0.2, -0.15) is 0 Å². The molecule has 0 fully saturated rings. The van der Waals surface area contributed by atoms with E-state index in [-0.39, 0.29) is 10.9 Å². The predicted molar refractivity (Wildman–Crippen MR) is 80.4 cm³/mol. The first-order chi connectivity index (χ1) is 9.40. The Labute approximate surface area is 121 Å². The van der Waals surface area contributed by atoms with Crippen molar-refractivity contribution >= 4 is 10.0 Å². The largest absolute Gasteiger partial charge is 0.493 e. The van der Waals surface area contributed by atoms with Crippen molar-refractivity contribution in [3.05, 3.63) is 23.8 Å². The molecule has 0 radical (unpaired) electrons. The highest BCUT2D eigenvalue weighted by atomic mass is 32.2. The van der Waals surface area contributed by atoms with E-state index in [0.29, 0.717) is 13.2 Å². The fourth-order valence-electron chi connectivity index (χ4n) is 1.78. The number of hydrogen-bond acceptors (Lipinski definition) is 4. The zero-order valence-electron chi connectivity index (χ0n) is 12.6. The van der Waals surface area contributed by atoms with Crippen LogP contribution in [0, 0.1) is 0 Å². The van der Waals surface area contributed by atoms with Gasteiger partial charge in [0.25, 0.3) is 0 Å². The maximum absolute atomic E-state index is 12.2. The molecule has 0 spiro atoms. The second kappa shape index (κ2) is 7.61. The molecule has 0 unspecified atom stereocenters. The summed E-state index contributed by atoms with van der Waals surface area (Å²) in [5, 5.41) is 3.03. The SMILES string of the molecule is CCCOc1ccc(S(=O)(=O)NC(C)C)cc1CNC. The van der Waals surface area contributed by atoms with Gasteiger partial charge in [-0.25, -0.2) is 13.1 Å². The number of benzene rings is 1. The Balaban J connectivity index is 3.09. The van der Waals surface area contributed by atoms with Gasteiger partial charge in [0.15, 0.2) is 0 Å². The topological polar surface area (TPSA) is 67.4 Å². The fourth-order valence-corrected chi connectivity index (χ4v) is 3.08. The number of ether oxygens (including phenoxy) is 1. The van der Waals surface area contributed by atoms with Crippen molar-refractivity contribution < 1.29 is 13.2 Å². The molecule has 0 aliphatic rings. The van der Waals surface area contributed by atoms with E-state index in [0.717, 1.165) is 17.7 Å². The van der Waals surface area contributed by atoms with E-state index in [9.17, 15) is 8.42 Å². The van der Waals surface area contributed by atoms with Crippen LogP contribution in [0.2, 0.25) is 0 Å². The summed E-state index contributed by atoms with van der Waals surface area (Å²) in [7, 11) is -1.65. The van der Waals surface area contributed by atoms with Crippen molar-refractivity contribution in [3.8, 4) is 5.75 Å². The lowest BCUT2D eigenvalue weighted by Gasteiger charge is -2.14. The van der Waals surface area contributed by atoms with Gasteiger partial charge in [0.2, 0.25) is 10.0 Å². The van der Waals surface area contributed by atoms with Crippen LogP contribution in [0.15, 0.2) is 23.1 Å². The summed E-state index contributed by atoms with van der Waals surface area (Å²) < 4.78 is 32.5. The van der Waals surface area contributed by atoms with E-state index in [4.69, 9.17) is 4.74 Å². The monoisotopic (exact) mass is 300 g/mol. The van der Waals surface area contributed by atoms with E-state index in [1.807, 2.05) is 14.0 Å². The molecule has 2 N–H and O–H groups in total. The van der Waals surface area contributed by atoms with Crippen LogP contribution in [0.1, 0.15) is 32.8 Å². The van der Waals surface area contributed by atoms with Crippen molar-refractivity contribution in [2.45, 2.75) is 44.7 Å². The first-order valence-corrected chi connectivity index (χ1v) is 8.31. The van der Waals surface area contributed by atoms with E-state index >= 15 is 0 Å². The lowest BCUT2D eigenvalue weighted by atomic mass is 10.2. The Bertz CT molecular complexity index is 527. The molecule has 0 aliphatic heterocycles. The highest BCUT2D eigenvalue weighted by Crippen LogP contribution is 2.23. The van der Waals surface area contributed by atoms with Crippen LogP contribution in [-0.2, 0) is 16.6 Å². The van der Waals surface area contributed by atoms with Crippen LogP contribution in [0.3, 0.4) is 0 Å². The Morgan fingerprint density at radius 2 is 2.00 bits per heavy atom. The Kier molecular flexibility index (Phi) is 6.45. The van der Waals surface area contributed by atoms with Crippen molar-refractivity contribution in [1.29, 1.82) is 0 Å². The van der Waals surface area contributed by atoms with Crippen molar-refractivity contribution in [1.82, 2.24) is 10.0 Å². The molecular formula is C14H24N2O3S. The van der Waals surface area contributed by atoms with Crippen LogP contribution in [-0.4, -0.2) is 28.1 Å². The van der Waals surface area contributed by atoms with E-state index < -0.39 is 10.0 Å². The van der Waals surface area contributed by atoms with Crippen molar-refractivity contribution in [2.24, 2.45) is 0 Å². The molecule has 1 rings (SSSR count). The molecule has 0 atom stereocenters. The summed E-state index contributed by atoms with van der Waals surface area (Å²) in [6.07, 6.45) is 0.911. The quantitative estimate of drug-likeness (QED) is 0.769. The molecule has 0 heterocycles. The Morgan fingerprint density at radius 1 is 1.30 bits per heavy atom. The first-order valence-electron chi connectivity index (χ1n) is 6.83. The third-order valence-corrected chi connectivity index (χ3v) is 4.22. The number of rotatable bonds is 8. The molecular weight excluding hydrogens is 276 g/mol. The van der Waals surface area contributed by atoms with Gasteiger partial charge in [0, 0.05) is 18.2 Å². The standard InChI is InChI=1S/C14H24N2O3S/c1-5-8-19-14-7-6-13(9-12(14)10-15-4)20(17,18)16-11(2)3/h6-7,9,11,15-16H,5,8,10H2,1-4H3. The third-order valence-electron chi connectivity index (χ3n) is 2.56. The van der Waals surface area contributed by atoms with Crippen LogP contribution < -0.4 is 14.8 Å². The molecule has 6 heteroatoms. The molecule has 0 bridgehead atoms. The Morgan fingerprint density at radius 3 is 2.55 bits per heavy atom. The normalized spacial score (nSPS) is 11.8. The van der Waals surface area contributed by atoms with E-state index in [1.165, 1.54) is 0 Å². The minimum Gasteiger partial charge on any atom is -0.493 e. The van der Waals surface area contributed by atoms with Gasteiger partial charge in [-0.05, 0) is 45.5 Å². The molecule has 5 nitrogen and oxygen atoms in total. The van der Waals surface area contributed by atoms with Crippen LogP contribution >= 0.6 is 0 Å². The molecule has 0 saturated carbocycles. The maximum Gasteiger partial charge on any atom is 0.240 e. The molecule has 114 valence electrons. The van der Waals surface area contributed by atoms with Crippen LogP contribution in [0.5, 0.6) is 5.75 Å².